The van der Waals surface area contributed by atoms with E-state index in [0.29, 0.717) is 11.8 Å². The highest BCUT2D eigenvalue weighted by atomic mass is 16.4. The fourth-order valence-corrected chi connectivity index (χ4v) is 2.30. The second-order valence-corrected chi connectivity index (χ2v) is 5.16. The summed E-state index contributed by atoms with van der Waals surface area (Å²) in [6.07, 6.45) is 2.13. The van der Waals surface area contributed by atoms with E-state index >= 15 is 0 Å². The summed E-state index contributed by atoms with van der Waals surface area (Å²) in [5, 5.41) is 9.42. The first kappa shape index (κ1) is 12.5. The van der Waals surface area contributed by atoms with Gasteiger partial charge >= 0.3 is 5.97 Å². The minimum Gasteiger partial charge on any atom is -0.480 e. The van der Waals surface area contributed by atoms with Crippen LogP contribution in [0.1, 0.15) is 40.5 Å². The minimum absolute atomic E-state index is 0.355. The highest BCUT2D eigenvalue weighted by Gasteiger charge is 2.50. The van der Waals surface area contributed by atoms with Crippen LogP contribution in [0, 0.1) is 11.8 Å². The first-order chi connectivity index (χ1) is 6.92. The van der Waals surface area contributed by atoms with Crippen LogP contribution in [0.25, 0.3) is 0 Å². The Kier molecular flexibility index (Phi) is 3.77. The molecule has 1 saturated carbocycles. The molecule has 88 valence electrons. The molecule has 1 aliphatic rings. The standard InChI is InChI=1S/C12H23NO2/c1-5-13(8-9(2)3)12(4,11(14)15)10-6-7-10/h9-10H,5-8H2,1-4H3,(H,14,15). The van der Waals surface area contributed by atoms with Gasteiger partial charge in [-0.1, -0.05) is 20.8 Å². The van der Waals surface area contributed by atoms with Crippen LogP contribution in [-0.4, -0.2) is 34.6 Å². The van der Waals surface area contributed by atoms with Crippen molar-refractivity contribution in [2.24, 2.45) is 11.8 Å². The number of hydrogen-bond acceptors (Lipinski definition) is 2. The highest BCUT2D eigenvalue weighted by Crippen LogP contribution is 2.43. The number of aliphatic carboxylic acids is 1. The third-order valence-electron chi connectivity index (χ3n) is 3.43. The zero-order valence-corrected chi connectivity index (χ0v) is 10.3. The van der Waals surface area contributed by atoms with Crippen LogP contribution in [-0.2, 0) is 4.79 Å². The molecule has 0 heterocycles. The number of likely N-dealkylation sites (N-methyl/N-ethyl adjacent to an activating group) is 1. The first-order valence-electron chi connectivity index (χ1n) is 5.91. The fraction of sp³-hybridized carbons (Fsp3) is 0.917. The van der Waals surface area contributed by atoms with Crippen LogP contribution >= 0.6 is 0 Å². The molecule has 0 saturated heterocycles. The summed E-state index contributed by atoms with van der Waals surface area (Å²) < 4.78 is 0. The quantitative estimate of drug-likeness (QED) is 0.735. The lowest BCUT2D eigenvalue weighted by molar-refractivity contribution is -0.152. The van der Waals surface area contributed by atoms with Crippen LogP contribution in [0.3, 0.4) is 0 Å². The molecule has 1 N–H and O–H groups in total. The Hall–Kier alpha value is -0.570. The van der Waals surface area contributed by atoms with Gasteiger partial charge in [0.15, 0.2) is 0 Å². The number of rotatable bonds is 6. The number of carboxylic acid groups (broad SMARTS) is 1. The Morgan fingerprint density at radius 1 is 1.53 bits per heavy atom. The number of hydrogen-bond donors (Lipinski definition) is 1. The van der Waals surface area contributed by atoms with Crippen LogP contribution in [0.2, 0.25) is 0 Å². The van der Waals surface area contributed by atoms with Gasteiger partial charge in [-0.3, -0.25) is 9.69 Å². The van der Waals surface area contributed by atoms with Crippen molar-refractivity contribution in [1.82, 2.24) is 4.90 Å². The van der Waals surface area contributed by atoms with Crippen molar-refractivity contribution in [2.75, 3.05) is 13.1 Å². The summed E-state index contributed by atoms with van der Waals surface area (Å²) in [6.45, 7) is 9.90. The van der Waals surface area contributed by atoms with Crippen molar-refractivity contribution in [2.45, 2.75) is 46.1 Å². The van der Waals surface area contributed by atoms with Gasteiger partial charge in [0, 0.05) is 6.54 Å². The van der Waals surface area contributed by atoms with Crippen molar-refractivity contribution in [3.63, 3.8) is 0 Å². The predicted octanol–water partition coefficient (Wildman–Crippen LogP) is 2.22. The van der Waals surface area contributed by atoms with Crippen molar-refractivity contribution in [1.29, 1.82) is 0 Å². The Balaban J connectivity index is 2.80. The molecule has 1 rings (SSSR count). The first-order valence-corrected chi connectivity index (χ1v) is 5.91. The third kappa shape index (κ3) is 2.51. The number of nitrogens with zero attached hydrogens (tertiary/aromatic N) is 1. The molecule has 15 heavy (non-hydrogen) atoms. The van der Waals surface area contributed by atoms with E-state index in [9.17, 15) is 9.90 Å². The minimum atomic E-state index is -0.660. The van der Waals surface area contributed by atoms with E-state index < -0.39 is 11.5 Å². The average Bonchev–Trinajstić information content (AvgIpc) is 2.95. The molecular weight excluding hydrogens is 190 g/mol. The van der Waals surface area contributed by atoms with Crippen LogP contribution in [0.15, 0.2) is 0 Å². The van der Waals surface area contributed by atoms with Gasteiger partial charge in [0.05, 0.1) is 0 Å². The van der Waals surface area contributed by atoms with Gasteiger partial charge < -0.3 is 5.11 Å². The zero-order valence-electron chi connectivity index (χ0n) is 10.3. The van der Waals surface area contributed by atoms with E-state index in [2.05, 4.69) is 18.7 Å². The van der Waals surface area contributed by atoms with E-state index in [1.165, 1.54) is 0 Å². The number of carbonyl (C=O) groups is 1. The molecule has 0 radical (unpaired) electrons. The van der Waals surface area contributed by atoms with Gasteiger partial charge in [-0.25, -0.2) is 0 Å². The van der Waals surface area contributed by atoms with E-state index in [-0.39, 0.29) is 0 Å². The molecule has 3 nitrogen and oxygen atoms in total. The topological polar surface area (TPSA) is 40.5 Å². The summed E-state index contributed by atoms with van der Waals surface area (Å²) in [6, 6.07) is 0. The van der Waals surface area contributed by atoms with Crippen LogP contribution in [0.5, 0.6) is 0 Å². The van der Waals surface area contributed by atoms with Gasteiger partial charge in [-0.15, -0.1) is 0 Å². The molecule has 1 atom stereocenters. The summed E-state index contributed by atoms with van der Waals surface area (Å²) in [4.78, 5) is 13.6. The second kappa shape index (κ2) is 4.52. The third-order valence-corrected chi connectivity index (χ3v) is 3.43. The summed E-state index contributed by atoms with van der Waals surface area (Å²) >= 11 is 0. The Morgan fingerprint density at radius 2 is 2.07 bits per heavy atom. The van der Waals surface area contributed by atoms with E-state index in [0.717, 1.165) is 25.9 Å². The Bertz CT molecular complexity index is 236. The smallest absolute Gasteiger partial charge is 0.324 e. The van der Waals surface area contributed by atoms with Crippen molar-refractivity contribution in [3.8, 4) is 0 Å². The van der Waals surface area contributed by atoms with Gasteiger partial charge in [0.25, 0.3) is 0 Å². The van der Waals surface area contributed by atoms with Gasteiger partial charge in [0.1, 0.15) is 5.54 Å². The van der Waals surface area contributed by atoms with Crippen LogP contribution < -0.4 is 0 Å². The maximum absolute atomic E-state index is 11.4. The van der Waals surface area contributed by atoms with E-state index in [1.807, 2.05) is 13.8 Å². The van der Waals surface area contributed by atoms with E-state index in [1.54, 1.807) is 0 Å². The maximum Gasteiger partial charge on any atom is 0.324 e. The molecule has 1 unspecified atom stereocenters. The van der Waals surface area contributed by atoms with Crippen LogP contribution in [0.4, 0.5) is 0 Å². The monoisotopic (exact) mass is 213 g/mol. The van der Waals surface area contributed by atoms with E-state index in [4.69, 9.17) is 0 Å². The van der Waals surface area contributed by atoms with Crippen molar-refractivity contribution < 1.29 is 9.90 Å². The molecular formula is C12H23NO2. The molecule has 0 amide bonds. The molecule has 0 bridgehead atoms. The van der Waals surface area contributed by atoms with Gasteiger partial charge in [-0.05, 0) is 38.1 Å². The molecule has 0 aromatic rings. The fourth-order valence-electron chi connectivity index (χ4n) is 2.30. The number of carboxylic acids is 1. The molecule has 0 aromatic carbocycles. The molecule has 0 aromatic heterocycles. The van der Waals surface area contributed by atoms with Gasteiger partial charge in [0.2, 0.25) is 0 Å². The molecule has 1 fully saturated rings. The largest absolute Gasteiger partial charge is 0.480 e. The lowest BCUT2D eigenvalue weighted by Crippen LogP contribution is -2.55. The Labute approximate surface area is 92.5 Å². The molecule has 0 aliphatic heterocycles. The SMILES string of the molecule is CCN(CC(C)C)C(C)(C(=O)O)C1CC1. The summed E-state index contributed by atoms with van der Waals surface area (Å²) in [5.74, 6) is 0.212. The zero-order chi connectivity index (χ0) is 11.6. The summed E-state index contributed by atoms with van der Waals surface area (Å²) in [7, 11) is 0. The van der Waals surface area contributed by atoms with Crippen molar-refractivity contribution in [3.05, 3.63) is 0 Å². The van der Waals surface area contributed by atoms with Crippen molar-refractivity contribution >= 4 is 5.97 Å². The average molecular weight is 213 g/mol. The van der Waals surface area contributed by atoms with Gasteiger partial charge in [-0.2, -0.15) is 0 Å². The Morgan fingerprint density at radius 3 is 2.33 bits per heavy atom. The summed E-state index contributed by atoms with van der Waals surface area (Å²) in [5.41, 5.74) is -0.640. The molecule has 3 heteroatoms. The maximum atomic E-state index is 11.4. The molecule has 0 spiro atoms. The molecule has 1 aliphatic carbocycles. The normalized spacial score (nSPS) is 20.7. The lowest BCUT2D eigenvalue weighted by Gasteiger charge is -2.38. The predicted molar refractivity (Wildman–Crippen MR) is 60.8 cm³/mol. The lowest BCUT2D eigenvalue weighted by atomic mass is 9.92. The second-order valence-electron chi connectivity index (χ2n) is 5.16. The highest BCUT2D eigenvalue weighted by molar-refractivity contribution is 5.79.